The maximum atomic E-state index is 12.5. The topological polar surface area (TPSA) is 49.4 Å². The van der Waals surface area contributed by atoms with Crippen LogP contribution in [0, 0.1) is 0 Å². The normalized spacial score (nSPS) is 14.0. The number of halogens is 3. The predicted octanol–water partition coefficient (Wildman–Crippen LogP) is 5.02. The van der Waals surface area contributed by atoms with E-state index in [0.717, 1.165) is 18.5 Å². The van der Waals surface area contributed by atoms with E-state index in [-0.39, 0.29) is 11.8 Å². The van der Waals surface area contributed by atoms with Crippen LogP contribution < -0.4 is 5.32 Å². The van der Waals surface area contributed by atoms with Crippen LogP contribution in [0.5, 0.6) is 0 Å². The lowest BCUT2D eigenvalue weighted by atomic mass is 10.1. The third-order valence-electron chi connectivity index (χ3n) is 3.99. The minimum absolute atomic E-state index is 0.150. The van der Waals surface area contributed by atoms with Gasteiger partial charge in [0.25, 0.3) is 5.91 Å². The van der Waals surface area contributed by atoms with Crippen LogP contribution >= 0.6 is 34.8 Å². The molecule has 2 aromatic rings. The minimum Gasteiger partial charge on any atom is -0.338 e. The van der Waals surface area contributed by atoms with Crippen LogP contribution in [0.2, 0.25) is 15.1 Å². The summed E-state index contributed by atoms with van der Waals surface area (Å²) >= 11 is 18.0. The van der Waals surface area contributed by atoms with Crippen molar-refractivity contribution in [3.63, 3.8) is 0 Å². The zero-order chi connectivity index (χ0) is 18.0. The molecule has 1 aliphatic rings. The first-order valence-electron chi connectivity index (χ1n) is 7.76. The van der Waals surface area contributed by atoms with E-state index in [4.69, 9.17) is 34.8 Å². The van der Waals surface area contributed by atoms with Crippen molar-refractivity contribution in [2.75, 3.05) is 11.9 Å². The van der Waals surface area contributed by atoms with Crippen molar-refractivity contribution in [1.82, 2.24) is 4.90 Å². The summed E-state index contributed by atoms with van der Waals surface area (Å²) in [5, 5.41) is 3.67. The highest BCUT2D eigenvalue weighted by molar-refractivity contribution is 6.44. The van der Waals surface area contributed by atoms with Gasteiger partial charge in [0.05, 0.1) is 20.8 Å². The molecule has 3 rings (SSSR count). The Hall–Kier alpha value is -1.75. The number of hydrogen-bond donors (Lipinski definition) is 1. The first kappa shape index (κ1) is 18.1. The summed E-state index contributed by atoms with van der Waals surface area (Å²) in [7, 11) is 0. The molecule has 0 aromatic heterocycles. The summed E-state index contributed by atoms with van der Waals surface area (Å²) < 4.78 is 0. The average molecular weight is 398 g/mol. The second-order valence-electron chi connectivity index (χ2n) is 5.82. The molecule has 0 unspecified atom stereocenters. The number of hydrogen-bond acceptors (Lipinski definition) is 2. The van der Waals surface area contributed by atoms with Gasteiger partial charge in [0.15, 0.2) is 0 Å². The van der Waals surface area contributed by atoms with Gasteiger partial charge in [-0.1, -0.05) is 46.9 Å². The third kappa shape index (κ3) is 4.27. The Morgan fingerprint density at radius 1 is 1.08 bits per heavy atom. The SMILES string of the molecule is O=C(Nc1cc(Cl)c(Cl)cc1Cl)c1cccc(CN2CCCC2=O)c1. The van der Waals surface area contributed by atoms with E-state index in [0.29, 0.717) is 39.3 Å². The van der Waals surface area contributed by atoms with Crippen molar-refractivity contribution in [3.8, 4) is 0 Å². The van der Waals surface area contributed by atoms with Gasteiger partial charge >= 0.3 is 0 Å². The van der Waals surface area contributed by atoms with Crippen molar-refractivity contribution < 1.29 is 9.59 Å². The molecule has 0 atom stereocenters. The predicted molar refractivity (Wildman–Crippen MR) is 101 cm³/mol. The van der Waals surface area contributed by atoms with E-state index < -0.39 is 0 Å². The fourth-order valence-electron chi connectivity index (χ4n) is 2.72. The van der Waals surface area contributed by atoms with E-state index in [1.807, 2.05) is 6.07 Å². The molecule has 1 N–H and O–H groups in total. The Morgan fingerprint density at radius 2 is 1.84 bits per heavy atom. The monoisotopic (exact) mass is 396 g/mol. The van der Waals surface area contributed by atoms with Crippen LogP contribution in [0.1, 0.15) is 28.8 Å². The Bertz CT molecular complexity index is 839. The van der Waals surface area contributed by atoms with Gasteiger partial charge in [-0.3, -0.25) is 9.59 Å². The van der Waals surface area contributed by atoms with Gasteiger partial charge < -0.3 is 10.2 Å². The van der Waals surface area contributed by atoms with Crippen LogP contribution in [-0.2, 0) is 11.3 Å². The standard InChI is InChI=1S/C18H15Cl3N2O2/c19-13-8-15(21)16(9-14(13)20)22-18(25)12-4-1-3-11(7-12)10-23-6-2-5-17(23)24/h1,3-4,7-9H,2,5-6,10H2,(H,22,25). The fourth-order valence-corrected chi connectivity index (χ4v) is 3.31. The van der Waals surface area contributed by atoms with E-state index >= 15 is 0 Å². The Kier molecular flexibility index (Phi) is 5.52. The molecule has 130 valence electrons. The summed E-state index contributed by atoms with van der Waals surface area (Å²) in [6.45, 7) is 1.27. The first-order chi connectivity index (χ1) is 11.9. The Morgan fingerprint density at radius 3 is 2.56 bits per heavy atom. The molecule has 2 amide bonds. The van der Waals surface area contributed by atoms with Crippen LogP contribution in [0.25, 0.3) is 0 Å². The van der Waals surface area contributed by atoms with E-state index in [2.05, 4.69) is 5.32 Å². The summed E-state index contributed by atoms with van der Waals surface area (Å²) in [5.41, 5.74) is 1.77. The van der Waals surface area contributed by atoms with Gasteiger partial charge in [-0.2, -0.15) is 0 Å². The highest BCUT2D eigenvalue weighted by Crippen LogP contribution is 2.32. The number of anilines is 1. The lowest BCUT2D eigenvalue weighted by Gasteiger charge is -2.16. The van der Waals surface area contributed by atoms with Crippen molar-refractivity contribution >= 4 is 52.3 Å². The first-order valence-corrected chi connectivity index (χ1v) is 8.90. The second-order valence-corrected chi connectivity index (χ2v) is 7.04. The molecule has 0 saturated carbocycles. The van der Waals surface area contributed by atoms with Gasteiger partial charge in [0, 0.05) is 25.1 Å². The lowest BCUT2D eigenvalue weighted by molar-refractivity contribution is -0.128. The van der Waals surface area contributed by atoms with Gasteiger partial charge in [-0.25, -0.2) is 0 Å². The molecule has 1 saturated heterocycles. The van der Waals surface area contributed by atoms with Gasteiger partial charge in [0.2, 0.25) is 5.91 Å². The zero-order valence-electron chi connectivity index (χ0n) is 13.2. The molecule has 0 radical (unpaired) electrons. The number of nitrogens with zero attached hydrogens (tertiary/aromatic N) is 1. The maximum absolute atomic E-state index is 12.5. The summed E-state index contributed by atoms with van der Waals surface area (Å²) in [6, 6.07) is 10.2. The van der Waals surface area contributed by atoms with E-state index in [1.165, 1.54) is 12.1 Å². The molecule has 1 fully saturated rings. The molecular formula is C18H15Cl3N2O2. The largest absolute Gasteiger partial charge is 0.338 e. The molecule has 0 spiro atoms. The van der Waals surface area contributed by atoms with Crippen molar-refractivity contribution in [3.05, 3.63) is 62.6 Å². The number of rotatable bonds is 4. The number of benzene rings is 2. The molecule has 4 nitrogen and oxygen atoms in total. The fraction of sp³-hybridized carbons (Fsp3) is 0.222. The van der Waals surface area contributed by atoms with Crippen LogP contribution in [0.15, 0.2) is 36.4 Å². The smallest absolute Gasteiger partial charge is 0.255 e. The highest BCUT2D eigenvalue weighted by atomic mass is 35.5. The van der Waals surface area contributed by atoms with Gasteiger partial charge in [0.1, 0.15) is 0 Å². The molecule has 0 aliphatic carbocycles. The second kappa shape index (κ2) is 7.65. The Labute approximate surface area is 160 Å². The summed E-state index contributed by atoms with van der Waals surface area (Å²) in [5.74, 6) is -0.160. The van der Waals surface area contributed by atoms with E-state index in [1.54, 1.807) is 23.1 Å². The van der Waals surface area contributed by atoms with Crippen LogP contribution in [0.4, 0.5) is 5.69 Å². The van der Waals surface area contributed by atoms with Crippen molar-refractivity contribution in [2.45, 2.75) is 19.4 Å². The molecule has 0 bridgehead atoms. The summed E-state index contributed by atoms with van der Waals surface area (Å²) in [6.07, 6.45) is 1.48. The molecule has 1 heterocycles. The highest BCUT2D eigenvalue weighted by Gasteiger charge is 2.20. The number of carbonyl (C=O) groups excluding carboxylic acids is 2. The molecule has 25 heavy (non-hydrogen) atoms. The van der Waals surface area contributed by atoms with Crippen LogP contribution in [-0.4, -0.2) is 23.3 Å². The lowest BCUT2D eigenvalue weighted by Crippen LogP contribution is -2.24. The third-order valence-corrected chi connectivity index (χ3v) is 5.03. The summed E-state index contributed by atoms with van der Waals surface area (Å²) in [4.78, 5) is 26.0. The minimum atomic E-state index is -0.310. The molecule has 1 aliphatic heterocycles. The molecular weight excluding hydrogens is 383 g/mol. The van der Waals surface area contributed by atoms with Crippen molar-refractivity contribution in [1.29, 1.82) is 0 Å². The number of likely N-dealkylation sites (tertiary alicyclic amines) is 1. The van der Waals surface area contributed by atoms with Gasteiger partial charge in [-0.15, -0.1) is 0 Å². The number of amides is 2. The maximum Gasteiger partial charge on any atom is 0.255 e. The number of carbonyl (C=O) groups is 2. The zero-order valence-corrected chi connectivity index (χ0v) is 15.5. The Balaban J connectivity index is 1.75. The van der Waals surface area contributed by atoms with Crippen molar-refractivity contribution in [2.24, 2.45) is 0 Å². The quantitative estimate of drug-likeness (QED) is 0.736. The molecule has 2 aromatic carbocycles. The van der Waals surface area contributed by atoms with E-state index in [9.17, 15) is 9.59 Å². The number of nitrogens with one attached hydrogen (secondary N) is 1. The van der Waals surface area contributed by atoms with Crippen LogP contribution in [0.3, 0.4) is 0 Å². The molecule has 7 heteroatoms. The van der Waals surface area contributed by atoms with Gasteiger partial charge in [-0.05, 0) is 36.2 Å². The average Bonchev–Trinajstić information content (AvgIpc) is 2.98.